The molecule has 1 aliphatic heterocycles. The van der Waals surface area contributed by atoms with E-state index in [1.165, 1.54) is 0 Å². The third-order valence-electron chi connectivity index (χ3n) is 2.78. The fraction of sp³-hybridized carbons (Fsp3) is 0.417. The van der Waals surface area contributed by atoms with Crippen LogP contribution in [0.3, 0.4) is 0 Å². The number of carbonyl (C=O) groups is 1. The number of carbonyl (C=O) groups excluding carboxylic acids is 1. The van der Waals surface area contributed by atoms with Crippen molar-refractivity contribution in [3.63, 3.8) is 0 Å². The second-order valence-corrected chi connectivity index (χ2v) is 5.59. The molecule has 1 aromatic carbocycles. The van der Waals surface area contributed by atoms with Gasteiger partial charge in [-0.05, 0) is 24.1 Å². The third-order valence-corrected chi connectivity index (χ3v) is 4.38. The van der Waals surface area contributed by atoms with Gasteiger partial charge in [-0.25, -0.2) is 0 Å². The van der Waals surface area contributed by atoms with Crippen molar-refractivity contribution in [3.05, 3.63) is 18.2 Å². The first-order valence-electron chi connectivity index (χ1n) is 5.34. The van der Waals surface area contributed by atoms with E-state index in [-0.39, 0.29) is 11.2 Å². The van der Waals surface area contributed by atoms with Gasteiger partial charge in [0.1, 0.15) is 0 Å². The van der Waals surface area contributed by atoms with E-state index in [1.807, 2.05) is 25.2 Å². The van der Waals surface area contributed by atoms with Crippen LogP contribution >= 0.6 is 11.8 Å². The molecule has 86 valence electrons. The maximum Gasteiger partial charge on any atom is 0.240 e. The van der Waals surface area contributed by atoms with Crippen molar-refractivity contribution < 1.29 is 4.79 Å². The monoisotopic (exact) mass is 236 g/mol. The zero-order valence-corrected chi connectivity index (χ0v) is 10.5. The van der Waals surface area contributed by atoms with E-state index in [1.54, 1.807) is 16.7 Å². The molecule has 0 spiro atoms. The van der Waals surface area contributed by atoms with Crippen molar-refractivity contribution >= 4 is 29.0 Å². The van der Waals surface area contributed by atoms with Crippen LogP contribution in [0.15, 0.2) is 23.1 Å². The summed E-state index contributed by atoms with van der Waals surface area (Å²) in [4.78, 5) is 15.0. The SMILES string of the molecule is CC(C)C1Sc2ccc(N)cc2N(C)C1=O. The fourth-order valence-corrected chi connectivity index (χ4v) is 3.08. The number of amides is 1. The number of fused-ring (bicyclic) bond motifs is 1. The normalized spacial score (nSPS) is 20.1. The number of hydrogen-bond donors (Lipinski definition) is 1. The number of anilines is 2. The molecule has 1 unspecified atom stereocenters. The summed E-state index contributed by atoms with van der Waals surface area (Å²) >= 11 is 1.64. The second kappa shape index (κ2) is 4.01. The molecule has 0 fully saturated rings. The molecule has 1 aliphatic rings. The molecule has 2 rings (SSSR count). The van der Waals surface area contributed by atoms with Crippen LogP contribution in [0.2, 0.25) is 0 Å². The summed E-state index contributed by atoms with van der Waals surface area (Å²) in [6, 6.07) is 5.73. The van der Waals surface area contributed by atoms with Gasteiger partial charge >= 0.3 is 0 Å². The smallest absolute Gasteiger partial charge is 0.240 e. The minimum absolute atomic E-state index is 0.0149. The van der Waals surface area contributed by atoms with Gasteiger partial charge in [0.2, 0.25) is 5.91 Å². The largest absolute Gasteiger partial charge is 0.399 e. The summed E-state index contributed by atoms with van der Waals surface area (Å²) in [6.07, 6.45) is 0. The average molecular weight is 236 g/mol. The van der Waals surface area contributed by atoms with E-state index in [2.05, 4.69) is 13.8 Å². The maximum atomic E-state index is 12.1. The summed E-state index contributed by atoms with van der Waals surface area (Å²) < 4.78 is 0. The Bertz CT molecular complexity index is 431. The number of nitrogens with zero attached hydrogens (tertiary/aromatic N) is 1. The molecule has 1 heterocycles. The molecule has 0 radical (unpaired) electrons. The summed E-state index contributed by atoms with van der Waals surface area (Å²) in [6.45, 7) is 4.15. The molecule has 1 atom stereocenters. The number of benzene rings is 1. The standard InChI is InChI=1S/C12H16N2OS/c1-7(2)11-12(15)14(3)9-6-8(13)4-5-10(9)16-11/h4-7,11H,13H2,1-3H3. The van der Waals surface area contributed by atoms with Crippen LogP contribution in [0, 0.1) is 5.92 Å². The number of thioether (sulfide) groups is 1. The Balaban J connectivity index is 2.44. The molecule has 0 bridgehead atoms. The van der Waals surface area contributed by atoms with Crippen molar-refractivity contribution in [1.82, 2.24) is 0 Å². The molecule has 1 amide bonds. The Kier molecular flexibility index (Phi) is 2.84. The highest BCUT2D eigenvalue weighted by Gasteiger charge is 2.33. The Morgan fingerprint density at radius 3 is 2.75 bits per heavy atom. The van der Waals surface area contributed by atoms with E-state index in [0.29, 0.717) is 11.6 Å². The maximum absolute atomic E-state index is 12.1. The molecule has 4 heteroatoms. The predicted octanol–water partition coefficient (Wildman–Crippen LogP) is 2.36. The lowest BCUT2D eigenvalue weighted by Gasteiger charge is -2.32. The van der Waals surface area contributed by atoms with Gasteiger partial charge in [0, 0.05) is 17.6 Å². The van der Waals surface area contributed by atoms with Crippen LogP contribution in [0.1, 0.15) is 13.8 Å². The Hall–Kier alpha value is -1.16. The lowest BCUT2D eigenvalue weighted by molar-refractivity contribution is -0.118. The molecule has 0 saturated heterocycles. The third kappa shape index (κ3) is 1.78. The molecule has 0 saturated carbocycles. The molecule has 1 aromatic rings. The van der Waals surface area contributed by atoms with Crippen LogP contribution < -0.4 is 10.6 Å². The van der Waals surface area contributed by atoms with Crippen LogP contribution in [-0.2, 0) is 4.79 Å². The van der Waals surface area contributed by atoms with E-state index in [4.69, 9.17) is 5.73 Å². The highest BCUT2D eigenvalue weighted by molar-refractivity contribution is 8.01. The first-order valence-corrected chi connectivity index (χ1v) is 6.22. The van der Waals surface area contributed by atoms with E-state index in [9.17, 15) is 4.79 Å². The molecule has 0 aliphatic carbocycles. The molecule has 0 aromatic heterocycles. The fourth-order valence-electron chi connectivity index (χ4n) is 1.81. The van der Waals surface area contributed by atoms with Crippen molar-refractivity contribution in [2.75, 3.05) is 17.7 Å². The zero-order valence-electron chi connectivity index (χ0n) is 9.73. The quantitative estimate of drug-likeness (QED) is 0.761. The molecule has 2 N–H and O–H groups in total. The average Bonchev–Trinajstić information content (AvgIpc) is 2.23. The summed E-state index contributed by atoms with van der Waals surface area (Å²) in [5, 5.41) is 0.0149. The van der Waals surface area contributed by atoms with Gasteiger partial charge in [-0.2, -0.15) is 0 Å². The van der Waals surface area contributed by atoms with E-state index >= 15 is 0 Å². The van der Waals surface area contributed by atoms with Gasteiger partial charge < -0.3 is 10.6 Å². The number of rotatable bonds is 1. The Labute approximate surface area is 100.0 Å². The van der Waals surface area contributed by atoms with Gasteiger partial charge in [-0.3, -0.25) is 4.79 Å². The van der Waals surface area contributed by atoms with Gasteiger partial charge in [0.25, 0.3) is 0 Å². The highest BCUT2D eigenvalue weighted by atomic mass is 32.2. The lowest BCUT2D eigenvalue weighted by atomic mass is 10.1. The minimum atomic E-state index is 0.0149. The van der Waals surface area contributed by atoms with Gasteiger partial charge in [0.15, 0.2) is 0 Å². The zero-order chi connectivity index (χ0) is 11.9. The van der Waals surface area contributed by atoms with Gasteiger partial charge in [0.05, 0.1) is 10.9 Å². The number of nitrogen functional groups attached to an aromatic ring is 1. The van der Waals surface area contributed by atoms with Crippen LogP contribution in [0.5, 0.6) is 0 Å². The Morgan fingerprint density at radius 1 is 1.44 bits per heavy atom. The van der Waals surface area contributed by atoms with Gasteiger partial charge in [-0.1, -0.05) is 13.8 Å². The second-order valence-electron chi connectivity index (χ2n) is 4.41. The lowest BCUT2D eigenvalue weighted by Crippen LogP contribution is -2.40. The summed E-state index contributed by atoms with van der Waals surface area (Å²) in [5.41, 5.74) is 7.36. The Morgan fingerprint density at radius 2 is 2.12 bits per heavy atom. The molecule has 16 heavy (non-hydrogen) atoms. The van der Waals surface area contributed by atoms with Crippen molar-refractivity contribution in [3.8, 4) is 0 Å². The topological polar surface area (TPSA) is 46.3 Å². The van der Waals surface area contributed by atoms with Crippen LogP contribution in [0.25, 0.3) is 0 Å². The molecular weight excluding hydrogens is 220 g/mol. The first-order chi connectivity index (χ1) is 7.50. The summed E-state index contributed by atoms with van der Waals surface area (Å²) in [5.74, 6) is 0.503. The minimum Gasteiger partial charge on any atom is -0.399 e. The predicted molar refractivity (Wildman–Crippen MR) is 68.7 cm³/mol. The first kappa shape index (κ1) is 11.3. The molecule has 3 nitrogen and oxygen atoms in total. The van der Waals surface area contributed by atoms with Crippen molar-refractivity contribution in [1.29, 1.82) is 0 Å². The van der Waals surface area contributed by atoms with Crippen molar-refractivity contribution in [2.45, 2.75) is 24.0 Å². The van der Waals surface area contributed by atoms with Gasteiger partial charge in [-0.15, -0.1) is 11.8 Å². The van der Waals surface area contributed by atoms with E-state index < -0.39 is 0 Å². The highest BCUT2D eigenvalue weighted by Crippen LogP contribution is 2.41. The van der Waals surface area contributed by atoms with Crippen molar-refractivity contribution in [2.24, 2.45) is 5.92 Å². The number of hydrogen-bond acceptors (Lipinski definition) is 3. The number of nitrogens with two attached hydrogens (primary N) is 1. The van der Waals surface area contributed by atoms with E-state index in [0.717, 1.165) is 10.6 Å². The van der Waals surface area contributed by atoms with Crippen LogP contribution in [-0.4, -0.2) is 18.2 Å². The summed E-state index contributed by atoms with van der Waals surface area (Å²) in [7, 11) is 1.82. The van der Waals surface area contributed by atoms with Crippen LogP contribution in [0.4, 0.5) is 11.4 Å². The molecular formula is C12H16N2OS.